The number of para-hydroxylation sites is 1. The normalized spacial score (nSPS) is 11.7. The molecule has 24 heavy (non-hydrogen) atoms. The Hall–Kier alpha value is -2.48. The molecule has 4 nitrogen and oxygen atoms in total. The van der Waals surface area contributed by atoms with Gasteiger partial charge in [0.25, 0.3) is 0 Å². The third kappa shape index (κ3) is 3.23. The van der Waals surface area contributed by atoms with Gasteiger partial charge in [-0.05, 0) is 40.2 Å². The molecular weight excluding hydrogens is 393 g/mol. The van der Waals surface area contributed by atoms with Crippen LogP contribution >= 0.6 is 15.9 Å². The van der Waals surface area contributed by atoms with Crippen LogP contribution in [-0.2, 0) is 0 Å². The number of benzene rings is 2. The molecule has 0 aliphatic carbocycles. The molecule has 0 unspecified atom stereocenters. The molecule has 0 spiro atoms. The van der Waals surface area contributed by atoms with Gasteiger partial charge in [-0.15, -0.1) is 13.2 Å². The van der Waals surface area contributed by atoms with Gasteiger partial charge in [0, 0.05) is 12.1 Å². The standard InChI is InChI=1S/C16H8BrF3O4/c17-11-3-1-2-10-13(22)7-14(23-15(10)11)9-5-4-8(6-12(9)21)24-16(18,19)20/h1-7,21H. The number of hydrogen-bond donors (Lipinski definition) is 1. The number of halogens is 4. The van der Waals surface area contributed by atoms with Gasteiger partial charge >= 0.3 is 6.36 Å². The van der Waals surface area contributed by atoms with Gasteiger partial charge in [-0.1, -0.05) is 6.07 Å². The van der Waals surface area contributed by atoms with Crippen LogP contribution < -0.4 is 10.2 Å². The lowest BCUT2D eigenvalue weighted by molar-refractivity contribution is -0.274. The molecule has 8 heteroatoms. The number of alkyl halides is 3. The lowest BCUT2D eigenvalue weighted by atomic mass is 10.1. The number of hydrogen-bond acceptors (Lipinski definition) is 4. The van der Waals surface area contributed by atoms with Gasteiger partial charge in [-0.2, -0.15) is 0 Å². The summed E-state index contributed by atoms with van der Waals surface area (Å²) in [4.78, 5) is 12.2. The maximum atomic E-state index is 12.2. The maximum Gasteiger partial charge on any atom is 0.573 e. The first kappa shape index (κ1) is 16.4. The number of aromatic hydroxyl groups is 1. The fourth-order valence-corrected chi connectivity index (χ4v) is 2.64. The third-order valence-corrected chi connectivity index (χ3v) is 3.80. The van der Waals surface area contributed by atoms with Crippen LogP contribution in [-0.4, -0.2) is 11.5 Å². The van der Waals surface area contributed by atoms with Crippen molar-refractivity contribution in [2.45, 2.75) is 6.36 Å². The van der Waals surface area contributed by atoms with Crippen LogP contribution in [0.2, 0.25) is 0 Å². The summed E-state index contributed by atoms with van der Waals surface area (Å²) in [5.74, 6) is -1.06. The molecule has 1 N–H and O–H groups in total. The summed E-state index contributed by atoms with van der Waals surface area (Å²) in [6.45, 7) is 0. The van der Waals surface area contributed by atoms with Crippen molar-refractivity contribution >= 4 is 26.9 Å². The highest BCUT2D eigenvalue weighted by atomic mass is 79.9. The highest BCUT2D eigenvalue weighted by Gasteiger charge is 2.31. The zero-order chi connectivity index (χ0) is 17.5. The highest BCUT2D eigenvalue weighted by molar-refractivity contribution is 9.10. The number of fused-ring (bicyclic) bond motifs is 1. The van der Waals surface area contributed by atoms with Crippen LogP contribution in [0.1, 0.15) is 0 Å². The summed E-state index contributed by atoms with van der Waals surface area (Å²) in [6, 6.07) is 9.08. The zero-order valence-electron chi connectivity index (χ0n) is 11.7. The molecule has 0 saturated heterocycles. The van der Waals surface area contributed by atoms with E-state index in [1.54, 1.807) is 18.2 Å². The average molecular weight is 401 g/mol. The predicted octanol–water partition coefficient (Wildman–Crippen LogP) is 4.83. The molecule has 0 saturated carbocycles. The Kier molecular flexibility index (Phi) is 4.00. The van der Waals surface area contributed by atoms with Crippen LogP contribution in [0, 0.1) is 0 Å². The first-order chi connectivity index (χ1) is 11.2. The fraction of sp³-hybridized carbons (Fsp3) is 0.0625. The Bertz CT molecular complexity index is 979. The first-order valence-corrected chi connectivity index (χ1v) is 7.35. The van der Waals surface area contributed by atoms with Gasteiger partial charge in [0.2, 0.25) is 0 Å². The van der Waals surface area contributed by atoms with Gasteiger partial charge in [0.1, 0.15) is 17.3 Å². The Morgan fingerprint density at radius 3 is 2.54 bits per heavy atom. The molecule has 3 aromatic rings. The van der Waals surface area contributed by atoms with Crippen LogP contribution in [0.4, 0.5) is 13.2 Å². The minimum absolute atomic E-state index is 0.0236. The van der Waals surface area contributed by atoms with Gasteiger partial charge in [-0.3, -0.25) is 4.79 Å². The molecule has 124 valence electrons. The van der Waals surface area contributed by atoms with E-state index >= 15 is 0 Å². The molecular formula is C16H8BrF3O4. The third-order valence-electron chi connectivity index (χ3n) is 3.17. The van der Waals surface area contributed by atoms with Crippen molar-refractivity contribution in [1.82, 2.24) is 0 Å². The van der Waals surface area contributed by atoms with E-state index < -0.39 is 17.9 Å². The van der Waals surface area contributed by atoms with Crippen molar-refractivity contribution in [2.24, 2.45) is 0 Å². The fourth-order valence-electron chi connectivity index (χ4n) is 2.19. The molecule has 1 heterocycles. The topological polar surface area (TPSA) is 59.7 Å². The van der Waals surface area contributed by atoms with Crippen molar-refractivity contribution in [1.29, 1.82) is 0 Å². The maximum absolute atomic E-state index is 12.2. The summed E-state index contributed by atoms with van der Waals surface area (Å²) < 4.78 is 46.5. The lowest BCUT2D eigenvalue weighted by Gasteiger charge is -2.11. The van der Waals surface area contributed by atoms with E-state index in [1.165, 1.54) is 6.07 Å². The summed E-state index contributed by atoms with van der Waals surface area (Å²) >= 11 is 3.26. The second kappa shape index (κ2) is 5.86. The van der Waals surface area contributed by atoms with Crippen molar-refractivity contribution in [3.63, 3.8) is 0 Å². The second-order valence-corrected chi connectivity index (χ2v) is 5.67. The summed E-state index contributed by atoms with van der Waals surface area (Å²) in [5.41, 5.74) is -0.00290. The minimum atomic E-state index is -4.87. The molecule has 1 aromatic heterocycles. The van der Waals surface area contributed by atoms with E-state index in [0.29, 0.717) is 9.86 Å². The van der Waals surface area contributed by atoms with Gasteiger partial charge in [-0.25, -0.2) is 0 Å². The van der Waals surface area contributed by atoms with Crippen LogP contribution in [0.25, 0.3) is 22.3 Å². The number of ether oxygens (including phenoxy) is 1. The molecule has 3 rings (SSSR count). The SMILES string of the molecule is O=c1cc(-c2ccc(OC(F)(F)F)cc2O)oc2c(Br)cccc12. The molecule has 0 bridgehead atoms. The minimum Gasteiger partial charge on any atom is -0.507 e. The first-order valence-electron chi connectivity index (χ1n) is 6.56. The predicted molar refractivity (Wildman–Crippen MR) is 84.0 cm³/mol. The van der Waals surface area contributed by atoms with E-state index in [2.05, 4.69) is 20.7 Å². The molecule has 0 atom stereocenters. The number of phenolic OH excluding ortho intramolecular Hbond substituents is 1. The highest BCUT2D eigenvalue weighted by Crippen LogP contribution is 2.35. The Morgan fingerprint density at radius 1 is 1.12 bits per heavy atom. The lowest BCUT2D eigenvalue weighted by Crippen LogP contribution is -2.17. The van der Waals surface area contributed by atoms with Gasteiger partial charge in [0.05, 0.1) is 15.4 Å². The smallest absolute Gasteiger partial charge is 0.507 e. The number of phenols is 1. The molecule has 0 amide bonds. The van der Waals surface area contributed by atoms with Gasteiger partial charge < -0.3 is 14.3 Å². The van der Waals surface area contributed by atoms with Crippen LogP contribution in [0.5, 0.6) is 11.5 Å². The van der Waals surface area contributed by atoms with E-state index in [0.717, 1.165) is 18.2 Å². The van der Waals surface area contributed by atoms with E-state index in [1.807, 2.05) is 0 Å². The molecule has 0 aliphatic rings. The zero-order valence-corrected chi connectivity index (χ0v) is 13.3. The molecule has 0 aliphatic heterocycles. The Labute approximate surface area is 141 Å². The van der Waals surface area contributed by atoms with Crippen molar-refractivity contribution in [2.75, 3.05) is 0 Å². The average Bonchev–Trinajstić information content (AvgIpc) is 2.46. The Balaban J connectivity index is 2.11. The summed E-state index contributed by atoms with van der Waals surface area (Å²) in [6.07, 6.45) is -4.87. The Morgan fingerprint density at radius 2 is 1.88 bits per heavy atom. The molecule has 0 fully saturated rings. The molecule has 0 radical (unpaired) electrons. The number of rotatable bonds is 2. The van der Waals surface area contributed by atoms with E-state index in [-0.39, 0.29) is 22.3 Å². The van der Waals surface area contributed by atoms with Crippen molar-refractivity contribution in [3.05, 3.63) is 57.2 Å². The van der Waals surface area contributed by atoms with Gasteiger partial charge in [0.15, 0.2) is 11.0 Å². The van der Waals surface area contributed by atoms with Crippen LogP contribution in [0.15, 0.2) is 56.1 Å². The van der Waals surface area contributed by atoms with Crippen LogP contribution in [0.3, 0.4) is 0 Å². The largest absolute Gasteiger partial charge is 0.573 e. The molecule has 2 aromatic carbocycles. The summed E-state index contributed by atoms with van der Waals surface area (Å²) in [5, 5.41) is 10.3. The second-order valence-electron chi connectivity index (χ2n) is 4.82. The quantitative estimate of drug-likeness (QED) is 0.669. The van der Waals surface area contributed by atoms with Crippen molar-refractivity contribution in [3.8, 4) is 22.8 Å². The monoisotopic (exact) mass is 400 g/mol. The van der Waals surface area contributed by atoms with E-state index in [9.17, 15) is 23.1 Å². The van der Waals surface area contributed by atoms with Crippen molar-refractivity contribution < 1.29 is 27.4 Å². The van der Waals surface area contributed by atoms with E-state index in [4.69, 9.17) is 4.42 Å². The summed E-state index contributed by atoms with van der Waals surface area (Å²) in [7, 11) is 0.